The minimum Gasteiger partial charge on any atom is -0.465 e. The highest BCUT2D eigenvalue weighted by Crippen LogP contribution is 2.31. The van der Waals surface area contributed by atoms with Crippen molar-refractivity contribution in [2.75, 3.05) is 13.2 Å². The summed E-state index contributed by atoms with van der Waals surface area (Å²) in [6, 6.07) is 2.14. The quantitative estimate of drug-likeness (QED) is 0.613. The van der Waals surface area contributed by atoms with E-state index in [2.05, 4.69) is 0 Å². The van der Waals surface area contributed by atoms with Crippen molar-refractivity contribution >= 4 is 35.1 Å². The Hall–Kier alpha value is -1.33. The van der Waals surface area contributed by atoms with Crippen molar-refractivity contribution in [3.8, 4) is 0 Å². The first-order valence-corrected chi connectivity index (χ1v) is 7.30. The van der Waals surface area contributed by atoms with Crippen LogP contribution in [0.25, 0.3) is 0 Å². The zero-order chi connectivity index (χ0) is 15.6. The highest BCUT2D eigenvalue weighted by atomic mass is 35.5. The number of hydrogen-bond donors (Lipinski definition) is 0. The molecule has 0 N–H and O–H groups in total. The number of amides is 1. The fourth-order valence-electron chi connectivity index (χ4n) is 1.94. The van der Waals surface area contributed by atoms with Crippen molar-refractivity contribution in [3.05, 3.63) is 33.6 Å². The van der Waals surface area contributed by atoms with E-state index in [1.165, 1.54) is 11.0 Å². The smallest absolute Gasteiger partial charge is 0.325 e. The lowest BCUT2D eigenvalue weighted by atomic mass is 10.2. The molecule has 0 bridgehead atoms. The molecule has 0 heterocycles. The van der Waals surface area contributed by atoms with Crippen molar-refractivity contribution < 1.29 is 18.7 Å². The molecule has 0 aromatic heterocycles. The van der Waals surface area contributed by atoms with Gasteiger partial charge in [0.1, 0.15) is 12.4 Å². The van der Waals surface area contributed by atoms with Crippen LogP contribution >= 0.6 is 23.2 Å². The third kappa shape index (κ3) is 3.86. The second-order valence-corrected chi connectivity index (χ2v) is 5.53. The lowest BCUT2D eigenvalue weighted by Crippen LogP contribution is -2.38. The van der Waals surface area contributed by atoms with Gasteiger partial charge in [-0.25, -0.2) is 4.39 Å². The molecule has 1 amide bonds. The van der Waals surface area contributed by atoms with Crippen molar-refractivity contribution in [1.29, 1.82) is 0 Å². The molecule has 0 unspecified atom stereocenters. The molecule has 1 aliphatic rings. The van der Waals surface area contributed by atoms with Gasteiger partial charge in [-0.05, 0) is 31.9 Å². The summed E-state index contributed by atoms with van der Waals surface area (Å²) in [7, 11) is 0. The first kappa shape index (κ1) is 16.0. The number of nitrogens with zero attached hydrogens (tertiary/aromatic N) is 1. The van der Waals surface area contributed by atoms with Gasteiger partial charge < -0.3 is 9.64 Å². The minimum atomic E-state index is -0.726. The summed E-state index contributed by atoms with van der Waals surface area (Å²) < 4.78 is 18.4. The van der Waals surface area contributed by atoms with Crippen LogP contribution in [0.2, 0.25) is 10.0 Å². The summed E-state index contributed by atoms with van der Waals surface area (Å²) in [6.45, 7) is 1.76. The van der Waals surface area contributed by atoms with Gasteiger partial charge >= 0.3 is 5.97 Å². The van der Waals surface area contributed by atoms with Crippen molar-refractivity contribution in [1.82, 2.24) is 4.90 Å². The van der Waals surface area contributed by atoms with Gasteiger partial charge in [0.2, 0.25) is 0 Å². The Morgan fingerprint density at radius 1 is 1.33 bits per heavy atom. The molecule has 0 spiro atoms. The van der Waals surface area contributed by atoms with Crippen LogP contribution in [0.3, 0.4) is 0 Å². The summed E-state index contributed by atoms with van der Waals surface area (Å²) in [6.07, 6.45) is 1.61. The van der Waals surface area contributed by atoms with E-state index in [-0.39, 0.29) is 34.8 Å². The molecule has 2 rings (SSSR count). The van der Waals surface area contributed by atoms with Gasteiger partial charge in [-0.1, -0.05) is 23.2 Å². The molecule has 0 saturated heterocycles. The highest BCUT2D eigenvalue weighted by molar-refractivity contribution is 6.36. The molecule has 1 aliphatic carbocycles. The van der Waals surface area contributed by atoms with Crippen molar-refractivity contribution in [2.45, 2.75) is 25.8 Å². The monoisotopic (exact) mass is 333 g/mol. The Labute approximate surface area is 131 Å². The minimum absolute atomic E-state index is 0.00485. The van der Waals surface area contributed by atoms with Gasteiger partial charge in [-0.3, -0.25) is 9.59 Å². The van der Waals surface area contributed by atoms with E-state index in [1.54, 1.807) is 6.92 Å². The molecule has 4 nitrogen and oxygen atoms in total. The molecule has 21 heavy (non-hydrogen) atoms. The second-order valence-electron chi connectivity index (χ2n) is 4.72. The van der Waals surface area contributed by atoms with Crippen molar-refractivity contribution in [2.24, 2.45) is 0 Å². The van der Waals surface area contributed by atoms with E-state index in [1.807, 2.05) is 0 Å². The Bertz CT molecular complexity index is 576. The zero-order valence-electron chi connectivity index (χ0n) is 11.4. The fraction of sp³-hybridized carbons (Fsp3) is 0.429. The molecule has 0 aliphatic heterocycles. The van der Waals surface area contributed by atoms with Crippen LogP contribution in [-0.2, 0) is 9.53 Å². The Morgan fingerprint density at radius 3 is 2.57 bits per heavy atom. The lowest BCUT2D eigenvalue weighted by Gasteiger charge is -2.22. The number of esters is 1. The van der Waals surface area contributed by atoms with Gasteiger partial charge in [0.05, 0.1) is 22.2 Å². The Kier molecular flexibility index (Phi) is 5.06. The molecule has 1 fully saturated rings. The van der Waals surface area contributed by atoms with Crippen LogP contribution in [0.5, 0.6) is 0 Å². The van der Waals surface area contributed by atoms with Crippen LogP contribution in [0, 0.1) is 5.82 Å². The summed E-state index contributed by atoms with van der Waals surface area (Å²) in [5.74, 6) is -1.72. The predicted octanol–water partition coefficient (Wildman–Crippen LogP) is 3.30. The molecular formula is C14H14Cl2FNO3. The highest BCUT2D eigenvalue weighted by Gasteiger charge is 2.35. The number of carbonyl (C=O) groups is 2. The van der Waals surface area contributed by atoms with Crippen molar-refractivity contribution in [3.63, 3.8) is 0 Å². The largest absolute Gasteiger partial charge is 0.465 e. The molecule has 0 atom stereocenters. The first-order valence-electron chi connectivity index (χ1n) is 6.55. The van der Waals surface area contributed by atoms with Gasteiger partial charge in [0, 0.05) is 6.04 Å². The first-order chi connectivity index (χ1) is 9.93. The average molecular weight is 334 g/mol. The average Bonchev–Trinajstić information content (AvgIpc) is 3.24. The maximum absolute atomic E-state index is 13.5. The maximum Gasteiger partial charge on any atom is 0.325 e. The maximum atomic E-state index is 13.5. The van der Waals surface area contributed by atoms with Crippen LogP contribution in [0.4, 0.5) is 4.39 Å². The second kappa shape index (κ2) is 6.62. The number of carbonyl (C=O) groups excluding carboxylic acids is 2. The van der Waals surface area contributed by atoms with Crippen LogP contribution in [0.15, 0.2) is 12.1 Å². The number of rotatable bonds is 5. The molecule has 1 saturated carbocycles. The third-order valence-corrected chi connectivity index (χ3v) is 3.70. The fourth-order valence-corrected chi connectivity index (χ4v) is 2.40. The van der Waals surface area contributed by atoms with Gasteiger partial charge in [-0.2, -0.15) is 0 Å². The van der Waals surface area contributed by atoms with E-state index >= 15 is 0 Å². The molecular weight excluding hydrogens is 320 g/mol. The molecule has 1 aromatic rings. The zero-order valence-corrected chi connectivity index (χ0v) is 12.9. The Balaban J connectivity index is 2.22. The standard InChI is InChI=1S/C14H14Cl2FNO3/c1-2-21-13(19)7-18(8-3-4-8)14(20)9-5-12(17)11(16)6-10(9)15/h5-6,8H,2-4,7H2,1H3. The summed E-state index contributed by atoms with van der Waals surface area (Å²) in [4.78, 5) is 25.4. The number of benzene rings is 1. The molecule has 1 aromatic carbocycles. The SMILES string of the molecule is CCOC(=O)CN(C(=O)c1cc(F)c(Cl)cc1Cl)C1CC1. The molecule has 0 radical (unpaired) electrons. The third-order valence-electron chi connectivity index (χ3n) is 3.09. The van der Waals surface area contributed by atoms with Gasteiger partial charge in [-0.15, -0.1) is 0 Å². The van der Waals surface area contributed by atoms with E-state index < -0.39 is 17.7 Å². The molecule has 7 heteroatoms. The predicted molar refractivity (Wildman–Crippen MR) is 77.1 cm³/mol. The number of ether oxygens (including phenoxy) is 1. The van der Waals surface area contributed by atoms with E-state index in [0.29, 0.717) is 0 Å². The van der Waals surface area contributed by atoms with Crippen LogP contribution in [0.1, 0.15) is 30.1 Å². The molecule has 114 valence electrons. The van der Waals surface area contributed by atoms with E-state index in [4.69, 9.17) is 27.9 Å². The van der Waals surface area contributed by atoms with Gasteiger partial charge in [0.25, 0.3) is 5.91 Å². The Morgan fingerprint density at radius 2 is 2.00 bits per heavy atom. The van der Waals surface area contributed by atoms with E-state index in [9.17, 15) is 14.0 Å². The van der Waals surface area contributed by atoms with Crippen LogP contribution in [-0.4, -0.2) is 36.0 Å². The van der Waals surface area contributed by atoms with Gasteiger partial charge in [0.15, 0.2) is 0 Å². The summed E-state index contributed by atoms with van der Waals surface area (Å²) >= 11 is 11.6. The van der Waals surface area contributed by atoms with E-state index in [0.717, 1.165) is 18.9 Å². The summed E-state index contributed by atoms with van der Waals surface area (Å²) in [5.41, 5.74) is -0.00485. The number of halogens is 3. The summed E-state index contributed by atoms with van der Waals surface area (Å²) in [5, 5.41) is -0.0965. The lowest BCUT2D eigenvalue weighted by molar-refractivity contribution is -0.144. The normalized spacial score (nSPS) is 13.9. The number of hydrogen-bond acceptors (Lipinski definition) is 3. The topological polar surface area (TPSA) is 46.6 Å². The van der Waals surface area contributed by atoms with Crippen LogP contribution < -0.4 is 0 Å².